The normalized spacial score (nSPS) is 16.6. The molecule has 112 valence electrons. The lowest BCUT2D eigenvalue weighted by atomic mass is 10.1. The summed E-state index contributed by atoms with van der Waals surface area (Å²) in [7, 11) is 1.70. The van der Waals surface area contributed by atoms with Crippen LogP contribution in [0.1, 0.15) is 44.9 Å². The van der Waals surface area contributed by atoms with Crippen molar-refractivity contribution >= 4 is 11.8 Å². The number of hydrogen-bond donors (Lipinski definition) is 2. The van der Waals surface area contributed by atoms with Gasteiger partial charge in [0.05, 0.1) is 6.20 Å². The van der Waals surface area contributed by atoms with Crippen LogP contribution in [-0.2, 0) is 4.74 Å². The molecule has 1 heterocycles. The van der Waals surface area contributed by atoms with E-state index in [4.69, 9.17) is 4.74 Å². The Morgan fingerprint density at radius 1 is 1.25 bits per heavy atom. The molecule has 2 N–H and O–H groups in total. The Bertz CT molecular complexity index is 380. The molecular weight excluding hydrogens is 254 g/mol. The molecule has 0 aliphatic heterocycles. The van der Waals surface area contributed by atoms with Crippen molar-refractivity contribution in [3.63, 3.8) is 0 Å². The number of methoxy groups -OCH3 is 1. The van der Waals surface area contributed by atoms with Gasteiger partial charge < -0.3 is 15.4 Å². The van der Waals surface area contributed by atoms with Crippen LogP contribution in [0.5, 0.6) is 0 Å². The van der Waals surface area contributed by atoms with E-state index in [1.807, 2.05) is 0 Å². The minimum atomic E-state index is 0.524. The molecule has 1 aromatic rings. The quantitative estimate of drug-likeness (QED) is 0.590. The van der Waals surface area contributed by atoms with Gasteiger partial charge in [0, 0.05) is 26.3 Å². The largest absolute Gasteiger partial charge is 0.385 e. The third-order valence-corrected chi connectivity index (χ3v) is 3.57. The van der Waals surface area contributed by atoms with Gasteiger partial charge in [-0.25, -0.2) is 0 Å². The molecule has 0 amide bonds. The molecule has 0 aromatic carbocycles. The highest BCUT2D eigenvalue weighted by atomic mass is 16.5. The third kappa shape index (κ3) is 5.28. The average molecular weight is 279 g/mol. The summed E-state index contributed by atoms with van der Waals surface area (Å²) in [6, 6.07) is 0.524. The van der Waals surface area contributed by atoms with Gasteiger partial charge in [0.25, 0.3) is 0 Å². The summed E-state index contributed by atoms with van der Waals surface area (Å²) in [4.78, 5) is 4.46. The van der Waals surface area contributed by atoms with Crippen LogP contribution in [0.15, 0.2) is 6.20 Å². The van der Waals surface area contributed by atoms with E-state index in [0.717, 1.165) is 25.4 Å². The second-order valence-corrected chi connectivity index (χ2v) is 5.27. The molecule has 1 aromatic heterocycles. The molecule has 6 heteroatoms. The van der Waals surface area contributed by atoms with Crippen molar-refractivity contribution in [3.05, 3.63) is 6.20 Å². The Labute approximate surface area is 120 Å². The summed E-state index contributed by atoms with van der Waals surface area (Å²) in [6.07, 6.45) is 10.4. The highest BCUT2D eigenvalue weighted by Gasteiger charge is 2.12. The van der Waals surface area contributed by atoms with Crippen molar-refractivity contribution in [1.29, 1.82) is 0 Å². The Hall–Kier alpha value is -1.43. The second-order valence-electron chi connectivity index (χ2n) is 5.27. The van der Waals surface area contributed by atoms with Crippen LogP contribution >= 0.6 is 0 Å². The Balaban J connectivity index is 1.81. The molecule has 0 atom stereocenters. The number of rotatable bonds is 7. The minimum absolute atomic E-state index is 0.524. The number of ether oxygens (including phenoxy) is 1. The van der Waals surface area contributed by atoms with Gasteiger partial charge in [-0.2, -0.15) is 10.1 Å². The fourth-order valence-corrected chi connectivity index (χ4v) is 2.50. The van der Waals surface area contributed by atoms with Crippen molar-refractivity contribution in [3.8, 4) is 0 Å². The van der Waals surface area contributed by atoms with Crippen LogP contribution in [-0.4, -0.2) is 41.5 Å². The first kappa shape index (κ1) is 15.0. The summed E-state index contributed by atoms with van der Waals surface area (Å²) in [6.45, 7) is 1.53. The molecule has 1 aliphatic carbocycles. The Kier molecular flexibility index (Phi) is 6.50. The first-order valence-electron chi connectivity index (χ1n) is 7.57. The lowest BCUT2D eigenvalue weighted by Crippen LogP contribution is -2.20. The third-order valence-electron chi connectivity index (χ3n) is 3.57. The highest BCUT2D eigenvalue weighted by Crippen LogP contribution is 2.20. The number of anilines is 2. The SMILES string of the molecule is COCCCNc1nncc(NC2CCCCCC2)n1. The summed E-state index contributed by atoms with van der Waals surface area (Å²) in [5.74, 6) is 1.40. The molecule has 0 radical (unpaired) electrons. The summed E-state index contributed by atoms with van der Waals surface area (Å²) >= 11 is 0. The van der Waals surface area contributed by atoms with E-state index >= 15 is 0 Å². The van der Waals surface area contributed by atoms with Gasteiger partial charge >= 0.3 is 0 Å². The van der Waals surface area contributed by atoms with Gasteiger partial charge in [0.2, 0.25) is 5.95 Å². The lowest BCUT2D eigenvalue weighted by molar-refractivity contribution is 0.197. The first-order chi connectivity index (χ1) is 9.88. The summed E-state index contributed by atoms with van der Waals surface area (Å²) < 4.78 is 5.01. The average Bonchev–Trinajstić information content (AvgIpc) is 2.73. The van der Waals surface area contributed by atoms with E-state index < -0.39 is 0 Å². The molecule has 1 fully saturated rings. The van der Waals surface area contributed by atoms with Gasteiger partial charge in [-0.1, -0.05) is 25.7 Å². The number of nitrogens with one attached hydrogen (secondary N) is 2. The van der Waals surface area contributed by atoms with Crippen molar-refractivity contribution < 1.29 is 4.74 Å². The van der Waals surface area contributed by atoms with Crippen LogP contribution in [0.2, 0.25) is 0 Å². The molecule has 2 rings (SSSR count). The maximum Gasteiger partial charge on any atom is 0.244 e. The highest BCUT2D eigenvalue weighted by molar-refractivity contribution is 5.37. The number of hydrogen-bond acceptors (Lipinski definition) is 6. The topological polar surface area (TPSA) is 72.0 Å². The van der Waals surface area contributed by atoms with Crippen molar-refractivity contribution in [2.24, 2.45) is 0 Å². The van der Waals surface area contributed by atoms with E-state index in [1.165, 1.54) is 38.5 Å². The first-order valence-corrected chi connectivity index (χ1v) is 7.57. The molecule has 6 nitrogen and oxygen atoms in total. The maximum atomic E-state index is 5.01. The van der Waals surface area contributed by atoms with Crippen LogP contribution < -0.4 is 10.6 Å². The monoisotopic (exact) mass is 279 g/mol. The fourth-order valence-electron chi connectivity index (χ4n) is 2.50. The molecule has 0 unspecified atom stereocenters. The van der Waals surface area contributed by atoms with Crippen molar-refractivity contribution in [2.75, 3.05) is 30.9 Å². The molecular formula is C14H25N5O. The van der Waals surface area contributed by atoms with Gasteiger partial charge in [0.1, 0.15) is 0 Å². The Morgan fingerprint density at radius 2 is 2.05 bits per heavy atom. The molecule has 0 spiro atoms. The van der Waals surface area contributed by atoms with Crippen LogP contribution in [0.25, 0.3) is 0 Å². The lowest BCUT2D eigenvalue weighted by Gasteiger charge is -2.16. The molecule has 1 saturated carbocycles. The predicted molar refractivity (Wildman–Crippen MR) is 79.9 cm³/mol. The summed E-state index contributed by atoms with van der Waals surface area (Å²) in [5, 5.41) is 14.6. The maximum absolute atomic E-state index is 5.01. The molecule has 1 aliphatic rings. The van der Waals surface area contributed by atoms with Gasteiger partial charge in [-0.3, -0.25) is 0 Å². The fraction of sp³-hybridized carbons (Fsp3) is 0.786. The van der Waals surface area contributed by atoms with Crippen LogP contribution in [0.4, 0.5) is 11.8 Å². The molecule has 0 saturated heterocycles. The van der Waals surface area contributed by atoms with Crippen molar-refractivity contribution in [1.82, 2.24) is 15.2 Å². The Morgan fingerprint density at radius 3 is 2.80 bits per heavy atom. The number of aromatic nitrogens is 3. The van der Waals surface area contributed by atoms with E-state index in [9.17, 15) is 0 Å². The predicted octanol–water partition coefficient (Wildman–Crippen LogP) is 2.45. The zero-order chi connectivity index (χ0) is 14.0. The number of nitrogens with zero attached hydrogens (tertiary/aromatic N) is 3. The second kappa shape index (κ2) is 8.68. The summed E-state index contributed by atoms with van der Waals surface area (Å²) in [5.41, 5.74) is 0. The van der Waals surface area contributed by atoms with Crippen LogP contribution in [0.3, 0.4) is 0 Å². The minimum Gasteiger partial charge on any atom is -0.385 e. The van der Waals surface area contributed by atoms with E-state index in [2.05, 4.69) is 25.8 Å². The molecule has 0 bridgehead atoms. The standard InChI is InChI=1S/C14H25N5O/c1-20-10-6-9-15-14-18-13(11-16-19-14)17-12-7-4-2-3-5-8-12/h11-12H,2-10H2,1H3,(H2,15,17,18,19). The van der Waals surface area contributed by atoms with E-state index in [-0.39, 0.29) is 0 Å². The molecule has 20 heavy (non-hydrogen) atoms. The van der Waals surface area contributed by atoms with Crippen LogP contribution in [0, 0.1) is 0 Å². The van der Waals surface area contributed by atoms with Gasteiger partial charge in [-0.05, 0) is 19.3 Å². The zero-order valence-electron chi connectivity index (χ0n) is 12.3. The van der Waals surface area contributed by atoms with Crippen molar-refractivity contribution in [2.45, 2.75) is 51.0 Å². The van der Waals surface area contributed by atoms with E-state index in [0.29, 0.717) is 12.0 Å². The zero-order valence-corrected chi connectivity index (χ0v) is 12.3. The van der Waals surface area contributed by atoms with Gasteiger partial charge in [-0.15, -0.1) is 5.10 Å². The van der Waals surface area contributed by atoms with E-state index in [1.54, 1.807) is 13.3 Å². The van der Waals surface area contributed by atoms with Gasteiger partial charge in [0.15, 0.2) is 5.82 Å². The smallest absolute Gasteiger partial charge is 0.244 e.